The molecule has 1 N–H and O–H groups in total. The molecule has 3 heterocycles. The predicted molar refractivity (Wildman–Crippen MR) is 101 cm³/mol. The highest BCUT2D eigenvalue weighted by molar-refractivity contribution is 5.92. The van der Waals surface area contributed by atoms with Crippen molar-refractivity contribution in [1.29, 1.82) is 0 Å². The third-order valence-corrected chi connectivity index (χ3v) is 4.69. The quantitative estimate of drug-likeness (QED) is 0.748. The Kier molecular flexibility index (Phi) is 5.02. The molecule has 1 atom stereocenters. The Morgan fingerprint density at radius 1 is 1.37 bits per heavy atom. The van der Waals surface area contributed by atoms with E-state index in [4.69, 9.17) is 9.15 Å². The number of aromatic nitrogens is 2. The number of amides is 1. The summed E-state index contributed by atoms with van der Waals surface area (Å²) in [6.45, 7) is 2.06. The highest BCUT2D eigenvalue weighted by Crippen LogP contribution is 2.23. The molecule has 27 heavy (non-hydrogen) atoms. The lowest BCUT2D eigenvalue weighted by Crippen LogP contribution is -2.46. The minimum Gasteiger partial charge on any atom is -0.482 e. The first-order chi connectivity index (χ1) is 13.2. The number of likely N-dealkylation sites (N-methyl/N-ethyl adjacent to an activating group) is 1. The highest BCUT2D eigenvalue weighted by atomic mass is 16.5. The van der Waals surface area contributed by atoms with Crippen molar-refractivity contribution in [3.8, 4) is 5.75 Å². The van der Waals surface area contributed by atoms with Gasteiger partial charge in [0.2, 0.25) is 5.89 Å². The largest absolute Gasteiger partial charge is 0.482 e. The summed E-state index contributed by atoms with van der Waals surface area (Å²) in [5.74, 6) is 0.800. The molecule has 7 heteroatoms. The van der Waals surface area contributed by atoms with E-state index in [1.165, 1.54) is 6.26 Å². The maximum Gasteiger partial charge on any atom is 0.273 e. The highest BCUT2D eigenvalue weighted by Gasteiger charge is 2.21. The summed E-state index contributed by atoms with van der Waals surface area (Å²) in [4.78, 5) is 23.2. The second-order valence-corrected chi connectivity index (χ2v) is 6.82. The molecular weight excluding hydrogens is 344 g/mol. The molecule has 1 aliphatic rings. The van der Waals surface area contributed by atoms with E-state index in [0.717, 1.165) is 36.8 Å². The third kappa shape index (κ3) is 4.09. The van der Waals surface area contributed by atoms with Crippen molar-refractivity contribution in [2.45, 2.75) is 25.5 Å². The number of oxazole rings is 1. The fraction of sp³-hybridized carbons (Fsp3) is 0.350. The van der Waals surface area contributed by atoms with Gasteiger partial charge >= 0.3 is 0 Å². The van der Waals surface area contributed by atoms with Gasteiger partial charge < -0.3 is 19.4 Å². The van der Waals surface area contributed by atoms with Gasteiger partial charge in [0.15, 0.2) is 12.3 Å². The Balaban J connectivity index is 1.38. The number of nitrogens with one attached hydrogen (secondary N) is 1. The molecular formula is C20H22N4O3. The Morgan fingerprint density at radius 3 is 3.15 bits per heavy atom. The second-order valence-electron chi connectivity index (χ2n) is 6.82. The van der Waals surface area contributed by atoms with E-state index in [1.807, 2.05) is 30.3 Å². The van der Waals surface area contributed by atoms with E-state index in [-0.39, 0.29) is 24.2 Å². The molecule has 1 aromatic carbocycles. The van der Waals surface area contributed by atoms with Crippen LogP contribution in [-0.4, -0.2) is 47.0 Å². The number of carbonyl (C=O) groups is 1. The fourth-order valence-electron chi connectivity index (χ4n) is 3.36. The summed E-state index contributed by atoms with van der Waals surface area (Å²) < 4.78 is 11.2. The average molecular weight is 366 g/mol. The van der Waals surface area contributed by atoms with Crippen LogP contribution in [0, 0.1) is 0 Å². The number of rotatable bonds is 5. The molecule has 0 unspecified atom stereocenters. The summed E-state index contributed by atoms with van der Waals surface area (Å²) in [5.41, 5.74) is 1.06. The Morgan fingerprint density at radius 2 is 2.26 bits per heavy atom. The first kappa shape index (κ1) is 17.5. The van der Waals surface area contributed by atoms with Crippen LogP contribution in [-0.2, 0) is 6.61 Å². The van der Waals surface area contributed by atoms with E-state index in [9.17, 15) is 4.79 Å². The van der Waals surface area contributed by atoms with Crippen LogP contribution in [0.4, 0.5) is 0 Å². The lowest BCUT2D eigenvalue weighted by atomic mass is 10.1. The molecule has 1 fully saturated rings. The van der Waals surface area contributed by atoms with Crippen LogP contribution in [0.1, 0.15) is 29.2 Å². The number of para-hydroxylation sites is 1. The van der Waals surface area contributed by atoms with E-state index in [1.54, 1.807) is 6.20 Å². The van der Waals surface area contributed by atoms with E-state index >= 15 is 0 Å². The topological polar surface area (TPSA) is 80.5 Å². The van der Waals surface area contributed by atoms with Crippen LogP contribution >= 0.6 is 0 Å². The second kappa shape index (κ2) is 7.75. The van der Waals surface area contributed by atoms with Crippen molar-refractivity contribution in [1.82, 2.24) is 20.2 Å². The van der Waals surface area contributed by atoms with Crippen LogP contribution in [0.3, 0.4) is 0 Å². The zero-order valence-electron chi connectivity index (χ0n) is 15.2. The molecule has 0 aliphatic carbocycles. The number of fused-ring (bicyclic) bond motifs is 1. The van der Waals surface area contributed by atoms with Crippen molar-refractivity contribution in [3.05, 3.63) is 54.4 Å². The molecule has 3 aromatic rings. The Labute approximate surface area is 157 Å². The van der Waals surface area contributed by atoms with E-state index < -0.39 is 0 Å². The summed E-state index contributed by atoms with van der Waals surface area (Å²) in [5, 5.41) is 4.02. The molecule has 0 bridgehead atoms. The number of hydrogen-bond acceptors (Lipinski definition) is 6. The number of likely N-dealkylation sites (tertiary alicyclic amines) is 1. The molecule has 1 saturated heterocycles. The number of carbonyl (C=O) groups excluding carboxylic acids is 1. The summed E-state index contributed by atoms with van der Waals surface area (Å²) in [6, 6.07) is 9.75. The Hall–Kier alpha value is -2.93. The van der Waals surface area contributed by atoms with Crippen molar-refractivity contribution in [2.75, 3.05) is 20.1 Å². The number of ether oxygens (including phenoxy) is 1. The standard InChI is InChI=1S/C20H22N4O3/c1-24-10-4-7-15(11-24)22-20(25)16-12-27-18(23-16)13-26-17-8-2-5-14-6-3-9-21-19(14)17/h2-3,5-6,8-9,12,15H,4,7,10-11,13H2,1H3,(H,22,25)/t15-/m0/s1. The van der Waals surface area contributed by atoms with Gasteiger partial charge in [-0.25, -0.2) is 4.98 Å². The molecule has 2 aromatic heterocycles. The lowest BCUT2D eigenvalue weighted by Gasteiger charge is -2.29. The molecule has 0 saturated carbocycles. The normalized spacial score (nSPS) is 17.7. The van der Waals surface area contributed by atoms with Gasteiger partial charge in [-0.2, -0.15) is 0 Å². The molecule has 1 amide bonds. The van der Waals surface area contributed by atoms with Gasteiger partial charge in [0.05, 0.1) is 0 Å². The predicted octanol–water partition coefficient (Wildman–Crippen LogP) is 2.63. The number of hydrogen-bond donors (Lipinski definition) is 1. The van der Waals surface area contributed by atoms with E-state index in [0.29, 0.717) is 11.6 Å². The number of pyridine rings is 1. The zero-order valence-corrected chi connectivity index (χ0v) is 15.2. The third-order valence-electron chi connectivity index (χ3n) is 4.69. The molecule has 140 valence electrons. The van der Waals surface area contributed by atoms with Crippen LogP contribution in [0.5, 0.6) is 5.75 Å². The number of benzene rings is 1. The minimum atomic E-state index is -0.211. The molecule has 0 radical (unpaired) electrons. The van der Waals surface area contributed by atoms with Crippen LogP contribution < -0.4 is 10.1 Å². The average Bonchev–Trinajstić information content (AvgIpc) is 3.15. The maximum atomic E-state index is 12.4. The van der Waals surface area contributed by atoms with Crippen molar-refractivity contribution >= 4 is 16.8 Å². The summed E-state index contributed by atoms with van der Waals surface area (Å²) in [7, 11) is 2.06. The smallest absolute Gasteiger partial charge is 0.273 e. The van der Waals surface area contributed by atoms with Gasteiger partial charge in [0.1, 0.15) is 17.5 Å². The lowest BCUT2D eigenvalue weighted by molar-refractivity contribution is 0.0907. The van der Waals surface area contributed by atoms with Crippen LogP contribution in [0.15, 0.2) is 47.2 Å². The maximum absolute atomic E-state index is 12.4. The van der Waals surface area contributed by atoms with Gasteiger partial charge in [0.25, 0.3) is 5.91 Å². The zero-order chi connectivity index (χ0) is 18.6. The monoisotopic (exact) mass is 366 g/mol. The SMILES string of the molecule is CN1CCC[C@H](NC(=O)c2coc(COc3cccc4cccnc34)n2)C1. The first-order valence-corrected chi connectivity index (χ1v) is 9.09. The van der Waals surface area contributed by atoms with Gasteiger partial charge in [-0.15, -0.1) is 0 Å². The van der Waals surface area contributed by atoms with Crippen molar-refractivity contribution in [2.24, 2.45) is 0 Å². The van der Waals surface area contributed by atoms with E-state index in [2.05, 4.69) is 27.2 Å². The fourth-order valence-corrected chi connectivity index (χ4v) is 3.36. The molecule has 4 rings (SSSR count). The van der Waals surface area contributed by atoms with Gasteiger partial charge in [0, 0.05) is 24.2 Å². The van der Waals surface area contributed by atoms with Crippen LogP contribution in [0.25, 0.3) is 10.9 Å². The van der Waals surface area contributed by atoms with Gasteiger partial charge in [-0.05, 0) is 38.6 Å². The van der Waals surface area contributed by atoms with Gasteiger partial charge in [-0.3, -0.25) is 9.78 Å². The minimum absolute atomic E-state index is 0.134. The first-order valence-electron chi connectivity index (χ1n) is 9.09. The Bertz CT molecular complexity index is 934. The molecule has 1 aliphatic heterocycles. The number of piperidine rings is 1. The van der Waals surface area contributed by atoms with Crippen molar-refractivity contribution in [3.63, 3.8) is 0 Å². The number of nitrogens with zero attached hydrogens (tertiary/aromatic N) is 3. The summed E-state index contributed by atoms with van der Waals surface area (Å²) >= 11 is 0. The summed E-state index contributed by atoms with van der Waals surface area (Å²) in [6.07, 6.45) is 5.17. The molecule has 7 nitrogen and oxygen atoms in total. The van der Waals surface area contributed by atoms with Gasteiger partial charge in [-0.1, -0.05) is 18.2 Å². The van der Waals surface area contributed by atoms with Crippen molar-refractivity contribution < 1.29 is 13.9 Å². The van der Waals surface area contributed by atoms with Crippen LogP contribution in [0.2, 0.25) is 0 Å². The molecule has 0 spiro atoms.